The molecule has 8 nitrogen and oxygen atoms in total. The van der Waals surface area contributed by atoms with E-state index in [0.29, 0.717) is 45.2 Å². The minimum absolute atomic E-state index is 0.0707. The summed E-state index contributed by atoms with van der Waals surface area (Å²) < 4.78 is 5.37. The number of fused-ring (bicyclic) bond motifs is 1. The molecule has 0 bridgehead atoms. The molecule has 1 N–H and O–H groups in total. The second-order valence-electron chi connectivity index (χ2n) is 7.94. The number of carbonyl (C=O) groups excluding carboxylic acids is 1. The monoisotopic (exact) mass is 375 g/mol. The number of H-pyrrole nitrogens is 1. The number of amides is 1. The number of likely N-dealkylation sites (tertiary alicyclic amines) is 1. The molecule has 1 aromatic heterocycles. The van der Waals surface area contributed by atoms with Crippen molar-refractivity contribution in [3.63, 3.8) is 0 Å². The fraction of sp³-hybridized carbons (Fsp3) is 0.737. The first kappa shape index (κ1) is 18.4. The number of aromatic amines is 1. The van der Waals surface area contributed by atoms with Gasteiger partial charge in [0.25, 0.3) is 5.56 Å². The van der Waals surface area contributed by atoms with Crippen LogP contribution in [0.4, 0.5) is 5.95 Å². The van der Waals surface area contributed by atoms with Crippen molar-refractivity contribution >= 4 is 11.9 Å². The molecule has 3 aliphatic heterocycles. The summed E-state index contributed by atoms with van der Waals surface area (Å²) in [5.74, 6) is 1.50. The lowest BCUT2D eigenvalue weighted by Gasteiger charge is -2.34. The molecule has 0 unspecified atom stereocenters. The number of carbonyl (C=O) groups is 1. The molecule has 3 aliphatic rings. The van der Waals surface area contributed by atoms with Crippen LogP contribution in [-0.4, -0.2) is 78.2 Å². The van der Waals surface area contributed by atoms with Crippen molar-refractivity contribution in [2.45, 2.75) is 32.7 Å². The van der Waals surface area contributed by atoms with Crippen molar-refractivity contribution < 1.29 is 9.53 Å². The van der Waals surface area contributed by atoms with Gasteiger partial charge in [0.05, 0.1) is 32.0 Å². The van der Waals surface area contributed by atoms with Gasteiger partial charge in [-0.05, 0) is 38.3 Å². The van der Waals surface area contributed by atoms with Crippen LogP contribution in [0.3, 0.4) is 0 Å². The van der Waals surface area contributed by atoms with Crippen LogP contribution in [0.1, 0.15) is 31.0 Å². The van der Waals surface area contributed by atoms with Gasteiger partial charge in [-0.1, -0.05) is 6.92 Å². The highest BCUT2D eigenvalue weighted by Gasteiger charge is 2.27. The van der Waals surface area contributed by atoms with E-state index in [1.165, 1.54) is 0 Å². The number of aromatic nitrogens is 2. The Morgan fingerprint density at radius 2 is 1.93 bits per heavy atom. The molecule has 0 saturated carbocycles. The van der Waals surface area contributed by atoms with Crippen LogP contribution in [0.15, 0.2) is 4.79 Å². The predicted octanol–water partition coefficient (Wildman–Crippen LogP) is 0.223. The lowest BCUT2D eigenvalue weighted by Crippen LogP contribution is -2.46. The summed E-state index contributed by atoms with van der Waals surface area (Å²) >= 11 is 0. The smallest absolute Gasteiger partial charge is 0.255 e. The number of anilines is 1. The normalized spacial score (nSPS) is 22.0. The highest BCUT2D eigenvalue weighted by atomic mass is 16.5. The maximum absolute atomic E-state index is 12.8. The third-order valence-electron chi connectivity index (χ3n) is 5.96. The SMILES string of the molecule is CC1CCN(CC(=O)N2CCc3c(nc(N4CCOCC4)[nH]c3=O)C2)CC1. The van der Waals surface area contributed by atoms with Gasteiger partial charge in [0, 0.05) is 25.2 Å². The fourth-order valence-electron chi connectivity index (χ4n) is 4.08. The van der Waals surface area contributed by atoms with Crippen LogP contribution >= 0.6 is 0 Å². The van der Waals surface area contributed by atoms with E-state index in [0.717, 1.165) is 56.2 Å². The van der Waals surface area contributed by atoms with Crippen LogP contribution in [-0.2, 0) is 22.5 Å². The van der Waals surface area contributed by atoms with Gasteiger partial charge in [-0.25, -0.2) is 4.98 Å². The first-order valence-corrected chi connectivity index (χ1v) is 10.0. The van der Waals surface area contributed by atoms with Gasteiger partial charge >= 0.3 is 0 Å². The zero-order valence-electron chi connectivity index (χ0n) is 16.1. The van der Waals surface area contributed by atoms with Crippen LogP contribution in [0, 0.1) is 5.92 Å². The second-order valence-corrected chi connectivity index (χ2v) is 7.94. The van der Waals surface area contributed by atoms with E-state index in [-0.39, 0.29) is 11.5 Å². The Kier molecular flexibility index (Phi) is 5.45. The maximum atomic E-state index is 12.8. The lowest BCUT2D eigenvalue weighted by atomic mass is 9.99. The summed E-state index contributed by atoms with van der Waals surface area (Å²) in [4.78, 5) is 39.0. The number of hydrogen-bond donors (Lipinski definition) is 1. The molecule has 0 aliphatic carbocycles. The van der Waals surface area contributed by atoms with Crippen molar-refractivity contribution in [2.24, 2.45) is 5.92 Å². The number of nitrogens with zero attached hydrogens (tertiary/aromatic N) is 4. The number of piperidine rings is 1. The summed E-state index contributed by atoms with van der Waals surface area (Å²) in [6.07, 6.45) is 2.90. The highest BCUT2D eigenvalue weighted by Crippen LogP contribution is 2.19. The van der Waals surface area contributed by atoms with Crippen molar-refractivity contribution in [1.29, 1.82) is 0 Å². The number of ether oxygens (including phenoxy) is 1. The van der Waals surface area contributed by atoms with Crippen molar-refractivity contribution in [3.8, 4) is 0 Å². The topological polar surface area (TPSA) is 81.8 Å². The Labute approximate surface area is 159 Å². The molecule has 8 heteroatoms. The Bertz CT molecular complexity index is 735. The molecule has 4 heterocycles. The molecule has 0 spiro atoms. The van der Waals surface area contributed by atoms with E-state index in [2.05, 4.69) is 16.8 Å². The van der Waals surface area contributed by atoms with E-state index >= 15 is 0 Å². The van der Waals surface area contributed by atoms with E-state index in [4.69, 9.17) is 9.72 Å². The molecular weight excluding hydrogens is 346 g/mol. The maximum Gasteiger partial charge on any atom is 0.255 e. The third-order valence-corrected chi connectivity index (χ3v) is 5.96. The van der Waals surface area contributed by atoms with E-state index in [1.807, 2.05) is 9.80 Å². The van der Waals surface area contributed by atoms with Gasteiger partial charge in [-0.2, -0.15) is 0 Å². The number of rotatable bonds is 3. The van der Waals surface area contributed by atoms with Crippen LogP contribution in [0.2, 0.25) is 0 Å². The first-order chi connectivity index (χ1) is 13.1. The van der Waals surface area contributed by atoms with E-state index in [9.17, 15) is 9.59 Å². The van der Waals surface area contributed by atoms with E-state index < -0.39 is 0 Å². The molecule has 1 amide bonds. The Balaban J connectivity index is 1.44. The number of morpholine rings is 1. The molecular formula is C19H29N5O3. The first-order valence-electron chi connectivity index (χ1n) is 10.0. The molecule has 0 atom stereocenters. The van der Waals surface area contributed by atoms with Gasteiger partial charge in [0.2, 0.25) is 11.9 Å². The number of hydrogen-bond acceptors (Lipinski definition) is 6. The fourth-order valence-corrected chi connectivity index (χ4v) is 4.08. The molecule has 2 saturated heterocycles. The largest absolute Gasteiger partial charge is 0.378 e. The molecule has 4 rings (SSSR count). The van der Waals surface area contributed by atoms with E-state index in [1.54, 1.807) is 0 Å². The highest BCUT2D eigenvalue weighted by molar-refractivity contribution is 5.78. The minimum atomic E-state index is -0.0707. The van der Waals surface area contributed by atoms with Crippen LogP contribution in [0.5, 0.6) is 0 Å². The van der Waals surface area contributed by atoms with Crippen LogP contribution in [0.25, 0.3) is 0 Å². The average Bonchev–Trinajstić information content (AvgIpc) is 2.70. The van der Waals surface area contributed by atoms with Crippen molar-refractivity contribution in [2.75, 3.05) is 57.4 Å². The number of nitrogens with one attached hydrogen (secondary N) is 1. The quantitative estimate of drug-likeness (QED) is 0.814. The second kappa shape index (κ2) is 7.98. The summed E-state index contributed by atoms with van der Waals surface area (Å²) in [6, 6.07) is 0. The Hall–Kier alpha value is -1.93. The van der Waals surface area contributed by atoms with Gasteiger partial charge in [-0.15, -0.1) is 0 Å². The molecule has 27 heavy (non-hydrogen) atoms. The van der Waals surface area contributed by atoms with Gasteiger partial charge in [0.15, 0.2) is 0 Å². The summed E-state index contributed by atoms with van der Waals surface area (Å²) in [6.45, 7) is 8.48. The van der Waals surface area contributed by atoms with Gasteiger partial charge < -0.3 is 14.5 Å². The summed E-state index contributed by atoms with van der Waals surface area (Å²) in [5.41, 5.74) is 1.40. The van der Waals surface area contributed by atoms with Gasteiger partial charge in [0.1, 0.15) is 0 Å². The Morgan fingerprint density at radius 1 is 1.19 bits per heavy atom. The van der Waals surface area contributed by atoms with Crippen LogP contribution < -0.4 is 10.5 Å². The zero-order valence-corrected chi connectivity index (χ0v) is 16.1. The lowest BCUT2D eigenvalue weighted by molar-refractivity contribution is -0.133. The minimum Gasteiger partial charge on any atom is -0.378 e. The third kappa shape index (κ3) is 4.16. The molecule has 2 fully saturated rings. The predicted molar refractivity (Wildman–Crippen MR) is 102 cm³/mol. The summed E-state index contributed by atoms with van der Waals surface area (Å²) in [5, 5.41) is 0. The van der Waals surface area contributed by atoms with Gasteiger partial charge in [-0.3, -0.25) is 19.5 Å². The molecule has 0 aromatic carbocycles. The standard InChI is InChI=1S/C19H29N5O3/c1-14-2-5-22(6-3-14)13-17(25)24-7-4-15-16(12-24)20-19(21-18(15)26)23-8-10-27-11-9-23/h14H,2-13H2,1H3,(H,20,21,26). The van der Waals surface area contributed by atoms with Crippen molar-refractivity contribution in [1.82, 2.24) is 19.8 Å². The molecule has 0 radical (unpaired) electrons. The Morgan fingerprint density at radius 3 is 2.67 bits per heavy atom. The zero-order chi connectivity index (χ0) is 18.8. The summed E-state index contributed by atoms with van der Waals surface area (Å²) in [7, 11) is 0. The molecule has 148 valence electrons. The molecule has 1 aromatic rings. The van der Waals surface area contributed by atoms with Crippen molar-refractivity contribution in [3.05, 3.63) is 21.6 Å². The average molecular weight is 375 g/mol.